The van der Waals surface area contributed by atoms with Crippen LogP contribution in [-0.4, -0.2) is 35.3 Å². The lowest BCUT2D eigenvalue weighted by Crippen LogP contribution is -2.46. The normalized spacial score (nSPS) is 17.4. The molecule has 0 spiro atoms. The van der Waals surface area contributed by atoms with Gasteiger partial charge in [0.15, 0.2) is 0 Å². The van der Waals surface area contributed by atoms with Crippen LogP contribution in [0.4, 0.5) is 0 Å². The number of carbonyl (C=O) groups is 3. The third kappa shape index (κ3) is 14.2. The Bertz CT molecular complexity index is 962. The zero-order chi connectivity index (χ0) is 32.0. The molecule has 2 aliphatic rings. The molecule has 0 radical (unpaired) electrons. The number of nitrogens with zero attached hydrogens (tertiary/aromatic N) is 2. The van der Waals surface area contributed by atoms with Crippen molar-refractivity contribution in [1.29, 1.82) is 0 Å². The van der Waals surface area contributed by atoms with E-state index in [1.165, 1.54) is 88.4 Å². The lowest BCUT2D eigenvalue weighted by Gasteiger charge is -2.32. The first-order chi connectivity index (χ1) is 21.4. The second kappa shape index (κ2) is 23.1. The van der Waals surface area contributed by atoms with Crippen LogP contribution < -0.4 is 0 Å². The monoisotopic (exact) mass is 608 g/mol. The number of imide groups is 1. The summed E-state index contributed by atoms with van der Waals surface area (Å²) in [5, 5.41) is 0. The van der Waals surface area contributed by atoms with E-state index in [9.17, 15) is 14.4 Å². The van der Waals surface area contributed by atoms with Gasteiger partial charge in [-0.2, -0.15) is 0 Å². The molecule has 2 amide bonds. The Balaban J connectivity index is 1.42. The molecule has 0 saturated heterocycles. The Morgan fingerprint density at radius 3 is 1.89 bits per heavy atom. The van der Waals surface area contributed by atoms with Crippen LogP contribution in [0.25, 0.3) is 0 Å². The molecule has 0 saturated carbocycles. The van der Waals surface area contributed by atoms with Crippen molar-refractivity contribution in [3.05, 3.63) is 36.1 Å². The van der Waals surface area contributed by atoms with E-state index in [0.29, 0.717) is 36.4 Å². The predicted molar refractivity (Wildman–Crippen MR) is 186 cm³/mol. The summed E-state index contributed by atoms with van der Waals surface area (Å²) >= 11 is 0. The summed E-state index contributed by atoms with van der Waals surface area (Å²) in [6, 6.07) is 0. The number of carbonyl (C=O) groups excluding carboxylic acids is 3. The average Bonchev–Trinajstić information content (AvgIpc) is 3.02. The second-order valence-corrected chi connectivity index (χ2v) is 13.4. The second-order valence-electron chi connectivity index (χ2n) is 13.4. The first-order valence-electron chi connectivity index (χ1n) is 18.4. The number of ketones is 1. The summed E-state index contributed by atoms with van der Waals surface area (Å²) in [7, 11) is 0. The van der Waals surface area contributed by atoms with Gasteiger partial charge in [0.2, 0.25) is 5.91 Å². The molecule has 0 aromatic carbocycles. The smallest absolute Gasteiger partial charge is 0.258 e. The molecule has 0 bridgehead atoms. The summed E-state index contributed by atoms with van der Waals surface area (Å²) in [5.41, 5.74) is 2.08. The van der Waals surface area contributed by atoms with E-state index in [1.54, 1.807) is 6.21 Å². The van der Waals surface area contributed by atoms with Gasteiger partial charge in [0, 0.05) is 37.1 Å². The summed E-state index contributed by atoms with van der Waals surface area (Å²) in [5.74, 6) is -0.256. The van der Waals surface area contributed by atoms with Gasteiger partial charge < -0.3 is 0 Å². The predicted octanol–water partition coefficient (Wildman–Crippen LogP) is 10.6. The minimum atomic E-state index is -0.361. The van der Waals surface area contributed by atoms with E-state index in [0.717, 1.165) is 63.4 Å². The van der Waals surface area contributed by atoms with Crippen molar-refractivity contribution >= 4 is 23.8 Å². The average molecular weight is 609 g/mol. The molecular weight excluding hydrogens is 544 g/mol. The fourth-order valence-electron chi connectivity index (χ4n) is 6.59. The number of hydrogen-bond acceptors (Lipinski definition) is 4. The summed E-state index contributed by atoms with van der Waals surface area (Å²) in [6.07, 6.45) is 31.8. The molecule has 1 unspecified atom stereocenters. The van der Waals surface area contributed by atoms with Gasteiger partial charge in [-0.3, -0.25) is 24.3 Å². The van der Waals surface area contributed by atoms with Crippen LogP contribution in [0.2, 0.25) is 0 Å². The molecule has 0 N–H and O–H groups in total. The Hall–Kier alpha value is -2.30. The molecular formula is C39H64N2O3. The molecule has 0 fully saturated rings. The van der Waals surface area contributed by atoms with Gasteiger partial charge in [-0.1, -0.05) is 142 Å². The van der Waals surface area contributed by atoms with Crippen LogP contribution in [0.15, 0.2) is 41.1 Å². The highest BCUT2D eigenvalue weighted by Gasteiger charge is 2.38. The van der Waals surface area contributed by atoms with E-state index in [1.807, 2.05) is 13.0 Å². The summed E-state index contributed by atoms with van der Waals surface area (Å²) in [4.78, 5) is 44.1. The quantitative estimate of drug-likeness (QED) is 0.0529. The summed E-state index contributed by atoms with van der Waals surface area (Å²) in [6.45, 7) is 12.5. The highest BCUT2D eigenvalue weighted by Crippen LogP contribution is 2.32. The van der Waals surface area contributed by atoms with Gasteiger partial charge in [0.25, 0.3) is 5.91 Å². The van der Waals surface area contributed by atoms with Crippen LogP contribution in [0.1, 0.15) is 168 Å². The van der Waals surface area contributed by atoms with Crippen LogP contribution in [0.5, 0.6) is 0 Å². The van der Waals surface area contributed by atoms with Crippen molar-refractivity contribution < 1.29 is 14.4 Å². The van der Waals surface area contributed by atoms with Crippen LogP contribution in [-0.2, 0) is 14.4 Å². The van der Waals surface area contributed by atoms with Gasteiger partial charge in [0.05, 0.1) is 11.6 Å². The van der Waals surface area contributed by atoms with E-state index >= 15 is 0 Å². The Morgan fingerprint density at radius 2 is 1.34 bits per heavy atom. The molecule has 2 aliphatic heterocycles. The van der Waals surface area contributed by atoms with Crippen molar-refractivity contribution in [2.24, 2.45) is 16.8 Å². The van der Waals surface area contributed by atoms with E-state index in [2.05, 4.69) is 25.1 Å². The first-order valence-corrected chi connectivity index (χ1v) is 18.4. The minimum absolute atomic E-state index is 0.0388. The Kier molecular flexibility index (Phi) is 19.9. The van der Waals surface area contributed by atoms with Crippen molar-refractivity contribution in [2.45, 2.75) is 168 Å². The topological polar surface area (TPSA) is 66.8 Å². The highest BCUT2D eigenvalue weighted by molar-refractivity contribution is 6.11. The highest BCUT2D eigenvalue weighted by atomic mass is 16.2. The van der Waals surface area contributed by atoms with Gasteiger partial charge >= 0.3 is 0 Å². The number of Topliss-reactive ketones (excluding diaryl/α,β-unsaturated/α-hetero) is 1. The SMILES string of the molecule is C=C[C@@H](CCCCCCCCCCCCCCC)C(=O)CCCCCCCCCCN1C(=O)C2=C(N=CC(=C)C2)C(C)C1=O. The number of amides is 2. The van der Waals surface area contributed by atoms with Gasteiger partial charge in [-0.05, 0) is 31.8 Å². The summed E-state index contributed by atoms with van der Waals surface area (Å²) < 4.78 is 0. The number of allylic oxidation sites excluding steroid dienone is 2. The molecule has 44 heavy (non-hydrogen) atoms. The van der Waals surface area contributed by atoms with E-state index < -0.39 is 0 Å². The van der Waals surface area contributed by atoms with Gasteiger partial charge in [-0.25, -0.2) is 0 Å². The lowest BCUT2D eigenvalue weighted by atomic mass is 9.90. The van der Waals surface area contributed by atoms with Crippen molar-refractivity contribution in [1.82, 2.24) is 4.90 Å². The molecule has 0 aliphatic carbocycles. The Labute approximate surface area is 270 Å². The fraction of sp³-hybridized carbons (Fsp3) is 0.744. The molecule has 0 aromatic rings. The van der Waals surface area contributed by atoms with Crippen LogP contribution >= 0.6 is 0 Å². The number of aliphatic imine (C=N–C) groups is 1. The molecule has 2 atom stereocenters. The fourth-order valence-corrected chi connectivity index (χ4v) is 6.59. The maximum atomic E-state index is 12.9. The molecule has 5 nitrogen and oxygen atoms in total. The maximum absolute atomic E-state index is 12.9. The molecule has 5 heteroatoms. The van der Waals surface area contributed by atoms with Crippen LogP contribution in [0.3, 0.4) is 0 Å². The molecule has 0 aromatic heterocycles. The maximum Gasteiger partial charge on any atom is 0.258 e. The minimum Gasteiger partial charge on any atom is -0.299 e. The molecule has 2 heterocycles. The first kappa shape index (κ1) is 37.9. The van der Waals surface area contributed by atoms with E-state index in [-0.39, 0.29) is 23.7 Å². The third-order valence-electron chi connectivity index (χ3n) is 9.52. The van der Waals surface area contributed by atoms with E-state index in [4.69, 9.17) is 0 Å². The zero-order valence-corrected chi connectivity index (χ0v) is 28.5. The lowest BCUT2D eigenvalue weighted by molar-refractivity contribution is -0.146. The number of unbranched alkanes of at least 4 members (excludes halogenated alkanes) is 19. The van der Waals surface area contributed by atoms with Gasteiger partial charge in [-0.15, -0.1) is 6.58 Å². The standard InChI is InChI=1S/C39H64N2O3/c1-5-7-8-9-10-11-12-13-14-15-18-21-24-27-34(6-2)36(42)28-25-22-19-16-17-20-23-26-29-41-38(43)33(4)37-35(39(41)44)30-32(3)31-40-37/h6,31,33-34H,2-3,5,7-30H2,1,4H3/t33?,34-/m0/s1. The third-order valence-corrected chi connectivity index (χ3v) is 9.52. The van der Waals surface area contributed by atoms with Crippen molar-refractivity contribution in [3.63, 3.8) is 0 Å². The van der Waals surface area contributed by atoms with Crippen LogP contribution in [0, 0.1) is 11.8 Å². The largest absolute Gasteiger partial charge is 0.299 e. The number of hydrogen-bond donors (Lipinski definition) is 0. The number of rotatable bonds is 27. The molecule has 2 rings (SSSR count). The van der Waals surface area contributed by atoms with Crippen molar-refractivity contribution in [3.8, 4) is 0 Å². The Morgan fingerprint density at radius 1 is 0.841 bits per heavy atom. The molecule has 248 valence electrons. The van der Waals surface area contributed by atoms with Crippen molar-refractivity contribution in [2.75, 3.05) is 6.54 Å². The van der Waals surface area contributed by atoms with Gasteiger partial charge in [0.1, 0.15) is 5.78 Å². The zero-order valence-electron chi connectivity index (χ0n) is 28.5.